The summed E-state index contributed by atoms with van der Waals surface area (Å²) in [6, 6.07) is 6.55. The van der Waals surface area contributed by atoms with Crippen LogP contribution in [0.1, 0.15) is 37.8 Å². The van der Waals surface area contributed by atoms with Gasteiger partial charge in [0.15, 0.2) is 0 Å². The van der Waals surface area contributed by atoms with Crippen LogP contribution in [-0.4, -0.2) is 45.3 Å². The lowest BCUT2D eigenvalue weighted by Crippen LogP contribution is -2.45. The highest BCUT2D eigenvalue weighted by molar-refractivity contribution is 5.85. The van der Waals surface area contributed by atoms with Gasteiger partial charge < -0.3 is 14.8 Å². The lowest BCUT2D eigenvalue weighted by Gasteiger charge is -2.36. The van der Waals surface area contributed by atoms with Gasteiger partial charge in [0.1, 0.15) is 11.5 Å². The lowest BCUT2D eigenvalue weighted by atomic mass is 9.97. The molecule has 23 heavy (non-hydrogen) atoms. The first-order chi connectivity index (χ1) is 10.3. The molecule has 0 aliphatic carbocycles. The molecule has 1 aromatic carbocycles. The first-order valence-corrected chi connectivity index (χ1v) is 7.96. The maximum Gasteiger partial charge on any atom is 0.123 e. The van der Waals surface area contributed by atoms with Gasteiger partial charge in [-0.2, -0.15) is 0 Å². The molecule has 1 heterocycles. The van der Waals surface area contributed by atoms with Gasteiger partial charge in [0, 0.05) is 37.8 Å². The Morgan fingerprint density at radius 2 is 1.83 bits per heavy atom. The fourth-order valence-electron chi connectivity index (χ4n) is 3.03. The van der Waals surface area contributed by atoms with Gasteiger partial charge in [0.05, 0.1) is 14.2 Å². The van der Waals surface area contributed by atoms with Crippen LogP contribution in [0, 0.1) is 0 Å². The smallest absolute Gasteiger partial charge is 0.123 e. The van der Waals surface area contributed by atoms with E-state index in [-0.39, 0.29) is 24.8 Å². The number of unbranched alkanes of at least 4 members (excludes halogenated alkanes) is 1. The van der Waals surface area contributed by atoms with Gasteiger partial charge in [0.25, 0.3) is 0 Å². The average Bonchev–Trinajstić information content (AvgIpc) is 2.56. The van der Waals surface area contributed by atoms with Crippen molar-refractivity contribution in [1.82, 2.24) is 10.2 Å². The molecule has 134 valence electrons. The minimum absolute atomic E-state index is 0. The topological polar surface area (TPSA) is 33.7 Å². The second-order valence-electron chi connectivity index (χ2n) is 5.55. The summed E-state index contributed by atoms with van der Waals surface area (Å²) in [6.07, 6.45) is 3.61. The van der Waals surface area contributed by atoms with E-state index in [2.05, 4.69) is 23.2 Å². The molecule has 1 aliphatic heterocycles. The fraction of sp³-hybridized carbons (Fsp3) is 0.647. The summed E-state index contributed by atoms with van der Waals surface area (Å²) in [6.45, 7) is 6.56. The largest absolute Gasteiger partial charge is 0.497 e. The van der Waals surface area contributed by atoms with Gasteiger partial charge in [-0.1, -0.05) is 19.8 Å². The number of rotatable bonds is 7. The van der Waals surface area contributed by atoms with Crippen molar-refractivity contribution in [3.05, 3.63) is 23.8 Å². The monoisotopic (exact) mass is 364 g/mol. The Labute approximate surface area is 152 Å². The van der Waals surface area contributed by atoms with E-state index >= 15 is 0 Å². The third kappa shape index (κ3) is 6.03. The maximum absolute atomic E-state index is 5.60. The molecule has 1 saturated heterocycles. The number of nitrogens with one attached hydrogen (secondary N) is 1. The Balaban J connectivity index is 0.00000242. The number of hydrogen-bond acceptors (Lipinski definition) is 4. The standard InChI is InChI=1S/C17H28N2O2.2ClH/c1-4-5-6-16(19-11-9-18-10-12-19)15-13-14(20-2)7-8-17(15)21-3;;/h7-8,13,16,18H,4-6,9-12H2,1-3H3;2*1H/t16-;;/m1../s1. The number of ether oxygens (including phenoxy) is 2. The van der Waals surface area contributed by atoms with Crippen LogP contribution in [-0.2, 0) is 0 Å². The van der Waals surface area contributed by atoms with E-state index in [9.17, 15) is 0 Å². The highest BCUT2D eigenvalue weighted by Crippen LogP contribution is 2.35. The first-order valence-electron chi connectivity index (χ1n) is 7.96. The molecule has 1 N–H and O–H groups in total. The predicted octanol–water partition coefficient (Wildman–Crippen LogP) is 3.68. The summed E-state index contributed by atoms with van der Waals surface area (Å²) in [7, 11) is 3.47. The minimum atomic E-state index is 0. The van der Waals surface area contributed by atoms with Crippen LogP contribution < -0.4 is 14.8 Å². The highest BCUT2D eigenvalue weighted by atomic mass is 35.5. The molecule has 2 rings (SSSR count). The van der Waals surface area contributed by atoms with Crippen LogP contribution >= 0.6 is 24.8 Å². The van der Waals surface area contributed by atoms with E-state index in [1.807, 2.05) is 12.1 Å². The van der Waals surface area contributed by atoms with E-state index in [1.54, 1.807) is 14.2 Å². The molecule has 1 aromatic rings. The van der Waals surface area contributed by atoms with Crippen molar-refractivity contribution in [2.45, 2.75) is 32.2 Å². The van der Waals surface area contributed by atoms with Gasteiger partial charge in [-0.15, -0.1) is 24.8 Å². The molecule has 0 bridgehead atoms. The second-order valence-corrected chi connectivity index (χ2v) is 5.55. The summed E-state index contributed by atoms with van der Waals surface area (Å²) in [5, 5.41) is 3.43. The zero-order valence-corrected chi connectivity index (χ0v) is 16.0. The van der Waals surface area contributed by atoms with E-state index in [0.29, 0.717) is 6.04 Å². The van der Waals surface area contributed by atoms with Gasteiger partial charge in [-0.05, 0) is 24.6 Å². The van der Waals surface area contributed by atoms with Crippen molar-refractivity contribution < 1.29 is 9.47 Å². The SMILES string of the molecule is CCCC[C@H](c1cc(OC)ccc1OC)N1CCNCC1.Cl.Cl. The fourth-order valence-corrected chi connectivity index (χ4v) is 3.03. The molecule has 0 radical (unpaired) electrons. The van der Waals surface area contributed by atoms with E-state index in [4.69, 9.17) is 9.47 Å². The molecule has 0 saturated carbocycles. The number of benzene rings is 1. The molecule has 1 aliphatic rings. The van der Waals surface area contributed by atoms with Crippen molar-refractivity contribution >= 4 is 24.8 Å². The Kier molecular flexibility index (Phi) is 11.4. The molecule has 1 fully saturated rings. The Bertz CT molecular complexity index is 441. The van der Waals surface area contributed by atoms with Crippen LogP contribution in [0.25, 0.3) is 0 Å². The summed E-state index contributed by atoms with van der Waals surface area (Å²) >= 11 is 0. The van der Waals surface area contributed by atoms with E-state index < -0.39 is 0 Å². The van der Waals surface area contributed by atoms with Crippen molar-refractivity contribution in [2.75, 3.05) is 40.4 Å². The quantitative estimate of drug-likeness (QED) is 0.799. The molecule has 0 spiro atoms. The number of nitrogens with zero attached hydrogens (tertiary/aromatic N) is 1. The Morgan fingerprint density at radius 1 is 1.13 bits per heavy atom. The van der Waals surface area contributed by atoms with Gasteiger partial charge in [-0.3, -0.25) is 4.90 Å². The summed E-state index contributed by atoms with van der Waals surface area (Å²) < 4.78 is 11.0. The molecule has 0 unspecified atom stereocenters. The second kappa shape index (κ2) is 11.8. The number of halogens is 2. The van der Waals surface area contributed by atoms with Gasteiger partial charge >= 0.3 is 0 Å². The van der Waals surface area contributed by atoms with Crippen LogP contribution in [0.5, 0.6) is 11.5 Å². The third-order valence-corrected chi connectivity index (χ3v) is 4.22. The van der Waals surface area contributed by atoms with Crippen molar-refractivity contribution in [3.63, 3.8) is 0 Å². The van der Waals surface area contributed by atoms with E-state index in [1.165, 1.54) is 24.8 Å². The molecule has 6 heteroatoms. The summed E-state index contributed by atoms with van der Waals surface area (Å²) in [4.78, 5) is 2.57. The normalized spacial score (nSPS) is 16.0. The number of piperazine rings is 1. The highest BCUT2D eigenvalue weighted by Gasteiger charge is 2.24. The van der Waals surface area contributed by atoms with Crippen LogP contribution in [0.2, 0.25) is 0 Å². The molecule has 1 atom stereocenters. The number of methoxy groups -OCH3 is 2. The van der Waals surface area contributed by atoms with Gasteiger partial charge in [-0.25, -0.2) is 0 Å². The first kappa shape index (κ1) is 22.3. The van der Waals surface area contributed by atoms with Crippen molar-refractivity contribution in [1.29, 1.82) is 0 Å². The summed E-state index contributed by atoms with van der Waals surface area (Å²) in [5.74, 6) is 1.87. The zero-order chi connectivity index (χ0) is 15.1. The lowest BCUT2D eigenvalue weighted by molar-refractivity contribution is 0.160. The maximum atomic E-state index is 5.60. The third-order valence-electron chi connectivity index (χ3n) is 4.22. The minimum Gasteiger partial charge on any atom is -0.497 e. The molecule has 0 amide bonds. The summed E-state index contributed by atoms with van der Waals surface area (Å²) in [5.41, 5.74) is 1.26. The van der Waals surface area contributed by atoms with Gasteiger partial charge in [0.2, 0.25) is 0 Å². The molecule has 4 nitrogen and oxygen atoms in total. The Morgan fingerprint density at radius 3 is 2.39 bits per heavy atom. The molecular formula is C17H30Cl2N2O2. The Hall–Kier alpha value is -0.680. The predicted molar refractivity (Wildman–Crippen MR) is 101 cm³/mol. The zero-order valence-electron chi connectivity index (χ0n) is 14.3. The van der Waals surface area contributed by atoms with Crippen molar-refractivity contribution in [3.8, 4) is 11.5 Å². The van der Waals surface area contributed by atoms with Crippen LogP contribution in [0.4, 0.5) is 0 Å². The number of hydrogen-bond donors (Lipinski definition) is 1. The average molecular weight is 365 g/mol. The van der Waals surface area contributed by atoms with Crippen LogP contribution in [0.3, 0.4) is 0 Å². The molecular weight excluding hydrogens is 335 g/mol. The van der Waals surface area contributed by atoms with Crippen molar-refractivity contribution in [2.24, 2.45) is 0 Å². The van der Waals surface area contributed by atoms with E-state index in [0.717, 1.165) is 37.7 Å². The van der Waals surface area contributed by atoms with Crippen LogP contribution in [0.15, 0.2) is 18.2 Å². The molecule has 0 aromatic heterocycles.